The van der Waals surface area contributed by atoms with Gasteiger partial charge in [0, 0.05) is 17.3 Å². The fraction of sp³-hybridized carbons (Fsp3) is 0.538. The molecule has 0 saturated carbocycles. The van der Waals surface area contributed by atoms with E-state index in [0.717, 1.165) is 29.1 Å². The number of halogens is 1. The second-order valence-electron chi connectivity index (χ2n) is 4.20. The molecule has 2 nitrogen and oxygen atoms in total. The Hall–Kier alpha value is -0.730. The van der Waals surface area contributed by atoms with Gasteiger partial charge >= 0.3 is 0 Å². The van der Waals surface area contributed by atoms with Crippen molar-refractivity contribution in [2.45, 2.75) is 39.2 Å². The highest BCUT2D eigenvalue weighted by atomic mass is 35.5. The summed E-state index contributed by atoms with van der Waals surface area (Å²) < 4.78 is 0. The summed E-state index contributed by atoms with van der Waals surface area (Å²) in [5.74, 6) is 0. The summed E-state index contributed by atoms with van der Waals surface area (Å²) in [6.07, 6.45) is 1.49. The lowest BCUT2D eigenvalue weighted by atomic mass is 9.97. The van der Waals surface area contributed by atoms with Gasteiger partial charge in [0.15, 0.2) is 0 Å². The minimum atomic E-state index is -0.630. The smallest absolute Gasteiger partial charge is 0.0814 e. The number of hydrogen-bond donors (Lipinski definition) is 2. The number of nitrogens with one attached hydrogen (secondary N) is 1. The van der Waals surface area contributed by atoms with Gasteiger partial charge in [0.1, 0.15) is 0 Å². The van der Waals surface area contributed by atoms with Gasteiger partial charge in [-0.3, -0.25) is 0 Å². The molecule has 16 heavy (non-hydrogen) atoms. The number of anilines is 1. The average molecular weight is 242 g/mol. The minimum absolute atomic E-state index is 0.557. The Bertz CT molecular complexity index is 348. The molecule has 0 aliphatic rings. The van der Waals surface area contributed by atoms with Crippen LogP contribution in [0.3, 0.4) is 0 Å². The number of hydrogen-bond acceptors (Lipinski definition) is 2. The molecular formula is C13H20ClNO. The van der Waals surface area contributed by atoms with Crippen molar-refractivity contribution in [2.75, 3.05) is 11.9 Å². The largest absolute Gasteiger partial charge is 0.388 e. The minimum Gasteiger partial charge on any atom is -0.388 e. The Morgan fingerprint density at radius 2 is 1.94 bits per heavy atom. The maximum absolute atomic E-state index is 10.2. The van der Waals surface area contributed by atoms with Crippen LogP contribution in [0.15, 0.2) is 18.2 Å². The van der Waals surface area contributed by atoms with Gasteiger partial charge in [0.25, 0.3) is 0 Å². The van der Waals surface area contributed by atoms with E-state index in [4.69, 9.17) is 11.6 Å². The van der Waals surface area contributed by atoms with Crippen molar-refractivity contribution in [3.63, 3.8) is 0 Å². The van der Waals surface area contributed by atoms with E-state index in [1.54, 1.807) is 0 Å². The molecule has 0 radical (unpaired) electrons. The first-order valence-corrected chi connectivity index (χ1v) is 6.11. The van der Waals surface area contributed by atoms with Gasteiger partial charge in [-0.25, -0.2) is 0 Å². The van der Waals surface area contributed by atoms with Crippen LogP contribution >= 0.6 is 11.6 Å². The molecule has 0 unspecified atom stereocenters. The van der Waals surface area contributed by atoms with E-state index in [1.807, 2.05) is 39.0 Å². The van der Waals surface area contributed by atoms with E-state index < -0.39 is 5.60 Å². The topological polar surface area (TPSA) is 32.3 Å². The second-order valence-corrected chi connectivity index (χ2v) is 4.60. The summed E-state index contributed by atoms with van der Waals surface area (Å²) in [7, 11) is 0. The van der Waals surface area contributed by atoms with E-state index in [9.17, 15) is 5.11 Å². The van der Waals surface area contributed by atoms with Gasteiger partial charge < -0.3 is 10.4 Å². The molecule has 0 amide bonds. The van der Waals surface area contributed by atoms with E-state index in [-0.39, 0.29) is 0 Å². The Kier molecular flexibility index (Phi) is 4.63. The maximum atomic E-state index is 10.2. The standard InChI is InChI=1S/C13H20ClNO/c1-4-13(16,5-2)9-15-12-8-6-7-11(14)10(12)3/h6-8,15-16H,4-5,9H2,1-3H3. The van der Waals surface area contributed by atoms with Crippen LogP contribution in [0, 0.1) is 6.92 Å². The molecule has 0 aliphatic heterocycles. The van der Waals surface area contributed by atoms with Crippen LogP contribution in [0.5, 0.6) is 0 Å². The molecular weight excluding hydrogens is 222 g/mol. The summed E-state index contributed by atoms with van der Waals surface area (Å²) in [6, 6.07) is 5.76. The van der Waals surface area contributed by atoms with Gasteiger partial charge in [0.2, 0.25) is 0 Å². The van der Waals surface area contributed by atoms with Crippen LogP contribution in [0.1, 0.15) is 32.3 Å². The molecule has 0 aliphatic carbocycles. The van der Waals surface area contributed by atoms with Crippen LogP contribution in [-0.4, -0.2) is 17.3 Å². The Labute approximate surface area is 103 Å². The molecule has 90 valence electrons. The van der Waals surface area contributed by atoms with E-state index >= 15 is 0 Å². The molecule has 0 bridgehead atoms. The SMILES string of the molecule is CCC(O)(CC)CNc1cccc(Cl)c1C. The molecule has 0 saturated heterocycles. The first-order chi connectivity index (χ1) is 7.52. The third kappa shape index (κ3) is 3.13. The molecule has 3 heteroatoms. The highest BCUT2D eigenvalue weighted by Gasteiger charge is 2.21. The van der Waals surface area contributed by atoms with Gasteiger partial charge in [-0.05, 0) is 37.5 Å². The Balaban J connectivity index is 2.71. The first kappa shape index (κ1) is 13.3. The zero-order chi connectivity index (χ0) is 12.2. The van der Waals surface area contributed by atoms with Gasteiger partial charge in [-0.1, -0.05) is 31.5 Å². The van der Waals surface area contributed by atoms with E-state index in [1.165, 1.54) is 0 Å². The molecule has 0 heterocycles. The highest BCUT2D eigenvalue weighted by Crippen LogP contribution is 2.24. The van der Waals surface area contributed by atoms with Crippen LogP contribution in [0.25, 0.3) is 0 Å². The highest BCUT2D eigenvalue weighted by molar-refractivity contribution is 6.31. The lowest BCUT2D eigenvalue weighted by Gasteiger charge is -2.26. The molecule has 1 aromatic rings. The lowest BCUT2D eigenvalue weighted by Crippen LogP contribution is -2.35. The lowest BCUT2D eigenvalue weighted by molar-refractivity contribution is 0.0457. The number of aliphatic hydroxyl groups is 1. The first-order valence-electron chi connectivity index (χ1n) is 5.74. The zero-order valence-corrected chi connectivity index (χ0v) is 10.9. The number of benzene rings is 1. The summed E-state index contributed by atoms with van der Waals surface area (Å²) in [5, 5.41) is 14.2. The number of rotatable bonds is 5. The van der Waals surface area contributed by atoms with Crippen molar-refractivity contribution in [3.05, 3.63) is 28.8 Å². The van der Waals surface area contributed by atoms with Crippen LogP contribution in [0.4, 0.5) is 5.69 Å². The predicted molar refractivity (Wildman–Crippen MR) is 70.2 cm³/mol. The summed E-state index contributed by atoms with van der Waals surface area (Å²) >= 11 is 6.03. The maximum Gasteiger partial charge on any atom is 0.0814 e. The summed E-state index contributed by atoms with van der Waals surface area (Å²) in [4.78, 5) is 0. The van der Waals surface area contributed by atoms with Gasteiger partial charge in [-0.2, -0.15) is 0 Å². The van der Waals surface area contributed by atoms with Crippen molar-refractivity contribution in [3.8, 4) is 0 Å². The normalized spacial score (nSPS) is 11.6. The Morgan fingerprint density at radius 1 is 1.31 bits per heavy atom. The third-order valence-corrected chi connectivity index (χ3v) is 3.60. The summed E-state index contributed by atoms with van der Waals surface area (Å²) in [5.41, 5.74) is 1.39. The molecule has 0 spiro atoms. The third-order valence-electron chi connectivity index (χ3n) is 3.19. The molecule has 1 aromatic carbocycles. The van der Waals surface area contributed by atoms with Gasteiger partial charge in [0.05, 0.1) is 5.60 Å². The van der Waals surface area contributed by atoms with Gasteiger partial charge in [-0.15, -0.1) is 0 Å². The van der Waals surface area contributed by atoms with Crippen LogP contribution in [-0.2, 0) is 0 Å². The quantitative estimate of drug-likeness (QED) is 0.826. The monoisotopic (exact) mass is 241 g/mol. The molecule has 0 fully saturated rings. The predicted octanol–water partition coefficient (Wildman–Crippen LogP) is 3.61. The fourth-order valence-corrected chi connectivity index (χ4v) is 1.73. The fourth-order valence-electron chi connectivity index (χ4n) is 1.56. The van der Waals surface area contributed by atoms with Crippen molar-refractivity contribution in [1.82, 2.24) is 0 Å². The van der Waals surface area contributed by atoms with Crippen molar-refractivity contribution < 1.29 is 5.11 Å². The average Bonchev–Trinajstić information content (AvgIpc) is 2.31. The van der Waals surface area contributed by atoms with Crippen LogP contribution in [0.2, 0.25) is 5.02 Å². The van der Waals surface area contributed by atoms with Crippen molar-refractivity contribution >= 4 is 17.3 Å². The molecule has 0 atom stereocenters. The molecule has 0 aromatic heterocycles. The molecule has 1 rings (SSSR count). The van der Waals surface area contributed by atoms with E-state index in [0.29, 0.717) is 6.54 Å². The van der Waals surface area contributed by atoms with E-state index in [2.05, 4.69) is 5.32 Å². The molecule has 2 N–H and O–H groups in total. The Morgan fingerprint density at radius 3 is 2.50 bits per heavy atom. The zero-order valence-electron chi connectivity index (χ0n) is 10.2. The van der Waals surface area contributed by atoms with Crippen molar-refractivity contribution in [1.29, 1.82) is 0 Å². The van der Waals surface area contributed by atoms with Crippen LogP contribution < -0.4 is 5.32 Å². The van der Waals surface area contributed by atoms with Crippen molar-refractivity contribution in [2.24, 2.45) is 0 Å². The second kappa shape index (κ2) is 5.55. The summed E-state index contributed by atoms with van der Waals surface area (Å²) in [6.45, 7) is 6.52.